The van der Waals surface area contributed by atoms with Gasteiger partial charge in [0.2, 0.25) is 0 Å². The van der Waals surface area contributed by atoms with Gasteiger partial charge in [-0.05, 0) is 47.3 Å². The van der Waals surface area contributed by atoms with E-state index in [1.807, 2.05) is 18.3 Å². The summed E-state index contributed by atoms with van der Waals surface area (Å²) in [6, 6.07) is 5.53. The molecule has 1 saturated carbocycles. The maximum Gasteiger partial charge on any atom is 0.126 e. The standard InChI is InChI=1S/C12H16BrN3/c13-9-1-4-12(14-7-9)15-10-5-6-16(8-10)11-2-3-11/h1,4,7,10-11H,2-3,5-6,8H2,(H,14,15). The molecule has 0 aromatic carbocycles. The highest BCUT2D eigenvalue weighted by atomic mass is 79.9. The first-order chi connectivity index (χ1) is 7.81. The lowest BCUT2D eigenvalue weighted by Gasteiger charge is -2.16. The van der Waals surface area contributed by atoms with Crippen LogP contribution in [0.5, 0.6) is 0 Å². The van der Waals surface area contributed by atoms with Gasteiger partial charge in [-0.25, -0.2) is 4.98 Å². The Bertz CT molecular complexity index is 361. The van der Waals surface area contributed by atoms with Crippen LogP contribution in [0, 0.1) is 0 Å². The molecule has 2 aliphatic rings. The summed E-state index contributed by atoms with van der Waals surface area (Å²) < 4.78 is 1.03. The summed E-state index contributed by atoms with van der Waals surface area (Å²) in [5.41, 5.74) is 0. The molecule has 3 rings (SSSR count). The smallest absolute Gasteiger partial charge is 0.126 e. The topological polar surface area (TPSA) is 28.2 Å². The van der Waals surface area contributed by atoms with Crippen molar-refractivity contribution in [2.45, 2.75) is 31.3 Å². The Morgan fingerprint density at radius 2 is 2.19 bits per heavy atom. The molecule has 0 bridgehead atoms. The van der Waals surface area contributed by atoms with Crippen LogP contribution in [0.2, 0.25) is 0 Å². The highest BCUT2D eigenvalue weighted by Gasteiger charge is 2.34. The Kier molecular flexibility index (Phi) is 2.86. The molecule has 1 unspecified atom stereocenters. The zero-order valence-corrected chi connectivity index (χ0v) is 10.8. The minimum Gasteiger partial charge on any atom is -0.366 e. The van der Waals surface area contributed by atoms with Gasteiger partial charge in [0.25, 0.3) is 0 Å². The van der Waals surface area contributed by atoms with E-state index >= 15 is 0 Å². The van der Waals surface area contributed by atoms with Gasteiger partial charge in [-0.2, -0.15) is 0 Å². The van der Waals surface area contributed by atoms with Crippen molar-refractivity contribution in [1.29, 1.82) is 0 Å². The normalized spacial score (nSPS) is 25.9. The van der Waals surface area contributed by atoms with E-state index in [9.17, 15) is 0 Å². The summed E-state index contributed by atoms with van der Waals surface area (Å²) in [7, 11) is 0. The average Bonchev–Trinajstić information content (AvgIpc) is 3.04. The third-order valence-electron chi connectivity index (χ3n) is 3.36. The van der Waals surface area contributed by atoms with E-state index in [0.717, 1.165) is 16.3 Å². The molecule has 0 radical (unpaired) electrons. The maximum atomic E-state index is 4.35. The molecule has 4 heteroatoms. The fraction of sp³-hybridized carbons (Fsp3) is 0.583. The zero-order valence-electron chi connectivity index (χ0n) is 9.19. The fourth-order valence-corrected chi connectivity index (χ4v) is 2.58. The van der Waals surface area contributed by atoms with Gasteiger partial charge in [0.05, 0.1) is 0 Å². The zero-order chi connectivity index (χ0) is 11.0. The fourth-order valence-electron chi connectivity index (χ4n) is 2.35. The van der Waals surface area contributed by atoms with Crippen molar-refractivity contribution < 1.29 is 0 Å². The minimum atomic E-state index is 0.578. The highest BCUT2D eigenvalue weighted by molar-refractivity contribution is 9.10. The Labute approximate surface area is 104 Å². The molecule has 1 N–H and O–H groups in total. The molecule has 1 saturated heterocycles. The minimum absolute atomic E-state index is 0.578. The van der Waals surface area contributed by atoms with Crippen LogP contribution in [-0.4, -0.2) is 35.1 Å². The second-order valence-electron chi connectivity index (χ2n) is 4.72. The van der Waals surface area contributed by atoms with Crippen molar-refractivity contribution >= 4 is 21.7 Å². The Hall–Kier alpha value is -0.610. The molecule has 2 heterocycles. The molecular weight excluding hydrogens is 266 g/mol. The van der Waals surface area contributed by atoms with Crippen LogP contribution in [0.4, 0.5) is 5.82 Å². The van der Waals surface area contributed by atoms with Gasteiger partial charge in [-0.1, -0.05) is 0 Å². The lowest BCUT2D eigenvalue weighted by molar-refractivity contribution is 0.326. The summed E-state index contributed by atoms with van der Waals surface area (Å²) in [4.78, 5) is 6.96. The predicted octanol–water partition coefficient (Wildman–Crippen LogP) is 2.49. The summed E-state index contributed by atoms with van der Waals surface area (Å²) in [6.07, 6.45) is 5.90. The van der Waals surface area contributed by atoms with Gasteiger partial charge in [-0.3, -0.25) is 4.90 Å². The molecule has 0 amide bonds. The quantitative estimate of drug-likeness (QED) is 0.923. The maximum absolute atomic E-state index is 4.35. The van der Waals surface area contributed by atoms with E-state index in [-0.39, 0.29) is 0 Å². The van der Waals surface area contributed by atoms with Crippen LogP contribution in [0.15, 0.2) is 22.8 Å². The van der Waals surface area contributed by atoms with Crippen LogP contribution >= 0.6 is 15.9 Å². The number of pyridine rings is 1. The van der Waals surface area contributed by atoms with Crippen LogP contribution in [0.3, 0.4) is 0 Å². The van der Waals surface area contributed by atoms with E-state index in [1.165, 1.54) is 32.4 Å². The van der Waals surface area contributed by atoms with Gasteiger partial charge in [-0.15, -0.1) is 0 Å². The molecule has 1 aliphatic carbocycles. The summed E-state index contributed by atoms with van der Waals surface area (Å²) in [6.45, 7) is 2.43. The molecule has 1 aliphatic heterocycles. The first-order valence-corrected chi connectivity index (χ1v) is 6.73. The third kappa shape index (κ3) is 2.38. The molecule has 1 aromatic heterocycles. The van der Waals surface area contributed by atoms with Gasteiger partial charge in [0, 0.05) is 35.8 Å². The van der Waals surface area contributed by atoms with Crippen LogP contribution in [-0.2, 0) is 0 Å². The predicted molar refractivity (Wildman–Crippen MR) is 68.6 cm³/mol. The van der Waals surface area contributed by atoms with Crippen LogP contribution in [0.25, 0.3) is 0 Å². The molecule has 2 fully saturated rings. The molecule has 0 spiro atoms. The molecule has 86 valence electrons. The van der Waals surface area contributed by atoms with Gasteiger partial charge < -0.3 is 5.32 Å². The van der Waals surface area contributed by atoms with Crippen molar-refractivity contribution in [2.75, 3.05) is 18.4 Å². The van der Waals surface area contributed by atoms with Crippen molar-refractivity contribution in [3.63, 3.8) is 0 Å². The van der Waals surface area contributed by atoms with Crippen molar-refractivity contribution in [2.24, 2.45) is 0 Å². The summed E-state index contributed by atoms with van der Waals surface area (Å²) in [5, 5.41) is 3.51. The molecule has 1 aromatic rings. The number of nitrogens with zero attached hydrogens (tertiary/aromatic N) is 2. The van der Waals surface area contributed by atoms with Crippen LogP contribution in [0.1, 0.15) is 19.3 Å². The van der Waals surface area contributed by atoms with Gasteiger partial charge in [0.1, 0.15) is 5.82 Å². The monoisotopic (exact) mass is 281 g/mol. The van der Waals surface area contributed by atoms with E-state index in [1.54, 1.807) is 0 Å². The number of hydrogen-bond donors (Lipinski definition) is 1. The lowest BCUT2D eigenvalue weighted by atomic mass is 10.2. The Morgan fingerprint density at radius 1 is 1.31 bits per heavy atom. The number of halogens is 1. The molecule has 16 heavy (non-hydrogen) atoms. The van der Waals surface area contributed by atoms with Crippen molar-refractivity contribution in [1.82, 2.24) is 9.88 Å². The summed E-state index contributed by atoms with van der Waals surface area (Å²) in [5.74, 6) is 0.992. The van der Waals surface area contributed by atoms with Crippen molar-refractivity contribution in [3.05, 3.63) is 22.8 Å². The van der Waals surface area contributed by atoms with E-state index < -0.39 is 0 Å². The SMILES string of the molecule is Brc1ccc(NC2CCN(C3CC3)C2)nc1. The third-order valence-corrected chi connectivity index (χ3v) is 3.83. The number of rotatable bonds is 3. The molecular formula is C12H16BrN3. The van der Waals surface area contributed by atoms with Crippen molar-refractivity contribution in [3.8, 4) is 0 Å². The second-order valence-corrected chi connectivity index (χ2v) is 5.63. The van der Waals surface area contributed by atoms with E-state index in [4.69, 9.17) is 0 Å². The van der Waals surface area contributed by atoms with E-state index in [2.05, 4.69) is 31.1 Å². The number of nitrogens with one attached hydrogen (secondary N) is 1. The second kappa shape index (κ2) is 4.34. The average molecular weight is 282 g/mol. The van der Waals surface area contributed by atoms with Gasteiger partial charge in [0.15, 0.2) is 0 Å². The summed E-state index contributed by atoms with van der Waals surface area (Å²) >= 11 is 3.40. The van der Waals surface area contributed by atoms with E-state index in [0.29, 0.717) is 6.04 Å². The lowest BCUT2D eigenvalue weighted by Crippen LogP contribution is -2.27. The molecule has 3 nitrogen and oxygen atoms in total. The first kappa shape index (κ1) is 10.5. The number of anilines is 1. The largest absolute Gasteiger partial charge is 0.366 e. The number of aromatic nitrogens is 1. The first-order valence-electron chi connectivity index (χ1n) is 5.93. The molecule has 1 atom stereocenters. The highest BCUT2D eigenvalue weighted by Crippen LogP contribution is 2.30. The van der Waals surface area contributed by atoms with Crippen LogP contribution < -0.4 is 5.32 Å². The number of hydrogen-bond acceptors (Lipinski definition) is 3. The number of likely N-dealkylation sites (tertiary alicyclic amines) is 1. The Morgan fingerprint density at radius 3 is 2.88 bits per heavy atom. The van der Waals surface area contributed by atoms with Gasteiger partial charge >= 0.3 is 0 Å². The Balaban J connectivity index is 1.57.